The summed E-state index contributed by atoms with van der Waals surface area (Å²) in [5, 5.41) is 14.2. The van der Waals surface area contributed by atoms with Crippen molar-refractivity contribution in [2.45, 2.75) is 84.3 Å². The number of carbonyl (C=O) groups excluding carboxylic acids is 1. The van der Waals surface area contributed by atoms with E-state index in [9.17, 15) is 4.79 Å². The number of hydrogen-bond acceptors (Lipinski definition) is 8. The van der Waals surface area contributed by atoms with Crippen molar-refractivity contribution in [2.24, 2.45) is 0 Å². The predicted molar refractivity (Wildman–Crippen MR) is 186 cm³/mol. The van der Waals surface area contributed by atoms with E-state index in [2.05, 4.69) is 24.0 Å². The second-order valence-electron chi connectivity index (χ2n) is 13.6. The van der Waals surface area contributed by atoms with Gasteiger partial charge in [-0.2, -0.15) is 9.61 Å². The Morgan fingerprint density at radius 2 is 1.74 bits per heavy atom. The van der Waals surface area contributed by atoms with Crippen molar-refractivity contribution in [2.75, 3.05) is 38.3 Å². The lowest BCUT2D eigenvalue weighted by Gasteiger charge is -2.41. The molecule has 2 aromatic carbocycles. The zero-order valence-corrected chi connectivity index (χ0v) is 29.2. The van der Waals surface area contributed by atoms with Gasteiger partial charge in [0, 0.05) is 53.2 Å². The van der Waals surface area contributed by atoms with Crippen LogP contribution in [-0.4, -0.2) is 70.3 Å². The van der Waals surface area contributed by atoms with Crippen LogP contribution < -0.4 is 9.64 Å². The maximum absolute atomic E-state index is 12.5. The second kappa shape index (κ2) is 14.6. The number of nitrogens with zero attached hydrogens (tertiary/aromatic N) is 4. The highest BCUT2D eigenvalue weighted by Crippen LogP contribution is 2.37. The average Bonchev–Trinajstić information content (AvgIpc) is 3.44. The molecule has 1 saturated heterocycles. The molecule has 3 aliphatic rings. The molecule has 4 aromatic rings. The molecule has 3 aliphatic heterocycles. The molecule has 1 N–H and O–H groups in total. The van der Waals surface area contributed by atoms with Crippen molar-refractivity contribution in [3.63, 3.8) is 0 Å². The Bertz CT molecular complexity index is 1700. The van der Waals surface area contributed by atoms with Gasteiger partial charge in [-0.3, -0.25) is 4.79 Å². The monoisotopic (exact) mass is 662 g/mol. The van der Waals surface area contributed by atoms with Gasteiger partial charge in [0.2, 0.25) is 0 Å². The lowest BCUT2D eigenvalue weighted by molar-refractivity contribution is -0.139. The third-order valence-electron chi connectivity index (χ3n) is 8.46. The Kier molecular flexibility index (Phi) is 10.8. The highest BCUT2D eigenvalue weighted by molar-refractivity contribution is 6.31. The van der Waals surface area contributed by atoms with Crippen LogP contribution in [-0.2, 0) is 20.7 Å². The highest BCUT2D eigenvalue weighted by atomic mass is 35.5. The summed E-state index contributed by atoms with van der Waals surface area (Å²) < 4.78 is 19.6. The van der Waals surface area contributed by atoms with Crippen LogP contribution in [0.15, 0.2) is 48.5 Å². The summed E-state index contributed by atoms with van der Waals surface area (Å²) in [4.78, 5) is 19.7. The molecule has 7 rings (SSSR count). The van der Waals surface area contributed by atoms with Gasteiger partial charge < -0.3 is 24.2 Å². The number of halogens is 1. The molecule has 5 heterocycles. The molecule has 0 atom stereocenters. The molecule has 1 fully saturated rings. The largest absolute Gasteiger partial charge is 0.493 e. The molecular formula is C37H47ClN4O5. The molecule has 0 spiro atoms. The molecule has 0 radical (unpaired) electrons. The molecule has 47 heavy (non-hydrogen) atoms. The van der Waals surface area contributed by atoms with Crippen LogP contribution in [0.25, 0.3) is 28.0 Å². The molecule has 0 amide bonds. The van der Waals surface area contributed by atoms with E-state index in [4.69, 9.17) is 41.0 Å². The summed E-state index contributed by atoms with van der Waals surface area (Å²) in [7, 11) is 1.42. The normalized spacial score (nSPS) is 16.6. The third-order valence-corrected chi connectivity index (χ3v) is 8.69. The van der Waals surface area contributed by atoms with E-state index in [1.165, 1.54) is 7.11 Å². The Morgan fingerprint density at radius 3 is 2.47 bits per heavy atom. The number of ether oxygens (including phenoxy) is 3. The van der Waals surface area contributed by atoms with Gasteiger partial charge in [-0.05, 0) is 96.6 Å². The minimum Gasteiger partial charge on any atom is -0.493 e. The van der Waals surface area contributed by atoms with E-state index in [1.807, 2.05) is 47.8 Å². The first-order valence-corrected chi connectivity index (χ1v) is 16.8. The first-order chi connectivity index (χ1) is 22.3. The first kappa shape index (κ1) is 34.7. The second-order valence-corrected chi connectivity index (χ2v) is 14.1. The summed E-state index contributed by atoms with van der Waals surface area (Å²) in [5.41, 5.74) is 5.37. The number of carbonyl (C=O) groups is 1. The van der Waals surface area contributed by atoms with Crippen LogP contribution in [0, 0.1) is 6.92 Å². The van der Waals surface area contributed by atoms with Crippen molar-refractivity contribution in [3.8, 4) is 28.1 Å². The van der Waals surface area contributed by atoms with E-state index < -0.39 is 5.60 Å². The van der Waals surface area contributed by atoms with Crippen molar-refractivity contribution >= 4 is 29.0 Å². The molecule has 0 unspecified atom stereocenters. The minimum absolute atomic E-state index is 0.132. The lowest BCUT2D eigenvalue weighted by atomic mass is 9.92. The molecule has 10 heteroatoms. The Morgan fingerprint density at radius 1 is 1.04 bits per heavy atom. The molecule has 0 saturated carbocycles. The Hall–Kier alpha value is -3.66. The van der Waals surface area contributed by atoms with Gasteiger partial charge in [-0.15, -0.1) is 0 Å². The maximum atomic E-state index is 12.5. The minimum atomic E-state index is -0.500. The number of anilines is 1. The van der Waals surface area contributed by atoms with Gasteiger partial charge in [-0.1, -0.05) is 29.8 Å². The molecule has 6 bridgehead atoms. The standard InChI is InChI=1S/C33H37ClN4O4.C4H10O/c1-22-26(20-31(39)40-3)32-37-14-12-33(2,13-15-37)42-17-6-4-5-16-41-29-11-10-25(34)19-27(29)23-8-7-9-24(18-23)28-21-30(35-22)38(32)36-28;1-4(2,3)5/h7-11,18-19,21H,4-6,12-17,20H2,1-3H3;5H,1-3H3. The predicted octanol–water partition coefficient (Wildman–Crippen LogP) is 7.46. The van der Waals surface area contributed by atoms with Gasteiger partial charge in [-0.25, -0.2) is 4.98 Å². The van der Waals surface area contributed by atoms with Crippen molar-refractivity contribution in [1.29, 1.82) is 0 Å². The summed E-state index contributed by atoms with van der Waals surface area (Å²) in [6.07, 6.45) is 4.87. The van der Waals surface area contributed by atoms with E-state index in [1.54, 1.807) is 20.8 Å². The molecule has 9 nitrogen and oxygen atoms in total. The lowest BCUT2D eigenvalue weighted by Crippen LogP contribution is -2.45. The molecule has 2 aromatic heterocycles. The SMILES string of the molecule is CC(C)(C)O.COC(=O)Cc1c(C)nc2cc3nn2c1N1CCC(C)(CC1)OCCCCCOc1ccc(Cl)cc1-c1cccc-3c1. The van der Waals surface area contributed by atoms with Crippen LogP contribution in [0.1, 0.15) is 71.1 Å². The first-order valence-electron chi connectivity index (χ1n) is 16.4. The molecular weight excluding hydrogens is 616 g/mol. The smallest absolute Gasteiger partial charge is 0.310 e. The van der Waals surface area contributed by atoms with Gasteiger partial charge in [0.05, 0.1) is 37.0 Å². The highest BCUT2D eigenvalue weighted by Gasteiger charge is 2.33. The van der Waals surface area contributed by atoms with Gasteiger partial charge in [0.25, 0.3) is 0 Å². The molecule has 252 valence electrons. The number of hydrogen-bond donors (Lipinski definition) is 1. The summed E-state index contributed by atoms with van der Waals surface area (Å²) in [6.45, 7) is 12.3. The van der Waals surface area contributed by atoms with Crippen molar-refractivity contribution in [3.05, 3.63) is 64.8 Å². The number of fused-ring (bicyclic) bond motifs is 8. The van der Waals surface area contributed by atoms with Crippen LogP contribution in [0.3, 0.4) is 0 Å². The van der Waals surface area contributed by atoms with Gasteiger partial charge in [0.15, 0.2) is 5.65 Å². The van der Waals surface area contributed by atoms with E-state index in [-0.39, 0.29) is 18.0 Å². The Labute approximate surface area is 282 Å². The number of aromatic nitrogens is 3. The van der Waals surface area contributed by atoms with Crippen molar-refractivity contribution < 1.29 is 24.1 Å². The quantitative estimate of drug-likeness (QED) is 0.221. The summed E-state index contributed by atoms with van der Waals surface area (Å²) in [6, 6.07) is 16.0. The number of methoxy groups -OCH3 is 1. The van der Waals surface area contributed by atoms with Crippen LogP contribution in [0.5, 0.6) is 5.75 Å². The number of aliphatic hydroxyl groups is 1. The zero-order chi connectivity index (χ0) is 33.8. The third kappa shape index (κ3) is 8.83. The Balaban J connectivity index is 0.000000807. The van der Waals surface area contributed by atoms with E-state index in [0.717, 1.165) is 103 Å². The van der Waals surface area contributed by atoms with Crippen molar-refractivity contribution in [1.82, 2.24) is 14.6 Å². The number of aryl methyl sites for hydroxylation is 1. The van der Waals surface area contributed by atoms with Crippen LogP contribution in [0.4, 0.5) is 5.82 Å². The summed E-state index contributed by atoms with van der Waals surface area (Å²) in [5.74, 6) is 1.40. The fourth-order valence-corrected chi connectivity index (χ4v) is 6.11. The topological polar surface area (TPSA) is 98.4 Å². The number of rotatable bonds is 2. The number of benzene rings is 2. The van der Waals surface area contributed by atoms with Gasteiger partial charge in [0.1, 0.15) is 11.6 Å². The van der Waals surface area contributed by atoms with Gasteiger partial charge >= 0.3 is 5.97 Å². The maximum Gasteiger partial charge on any atom is 0.310 e. The number of esters is 1. The molecule has 0 aliphatic carbocycles. The zero-order valence-electron chi connectivity index (χ0n) is 28.4. The van der Waals surface area contributed by atoms with Crippen LogP contribution >= 0.6 is 11.6 Å². The average molecular weight is 663 g/mol. The number of piperidine rings is 1. The fourth-order valence-electron chi connectivity index (χ4n) is 5.94. The van der Waals surface area contributed by atoms with E-state index in [0.29, 0.717) is 11.6 Å². The summed E-state index contributed by atoms with van der Waals surface area (Å²) >= 11 is 6.44. The van der Waals surface area contributed by atoms with E-state index >= 15 is 0 Å². The van der Waals surface area contributed by atoms with Crippen LogP contribution in [0.2, 0.25) is 5.02 Å². The fraction of sp³-hybridized carbons (Fsp3) is 0.486.